The lowest BCUT2D eigenvalue weighted by atomic mass is 10.3. The van der Waals surface area contributed by atoms with Crippen LogP contribution in [0.4, 0.5) is 17.2 Å². The van der Waals surface area contributed by atoms with Crippen LogP contribution in [-0.4, -0.2) is 9.97 Å². The average Bonchev–Trinajstić information content (AvgIpc) is 2.52. The summed E-state index contributed by atoms with van der Waals surface area (Å²) in [6.45, 7) is 0. The van der Waals surface area contributed by atoms with Gasteiger partial charge in [0.25, 0.3) is 0 Å². The summed E-state index contributed by atoms with van der Waals surface area (Å²) in [5.41, 5.74) is 7.03. The Balaban J connectivity index is 1.86. The van der Waals surface area contributed by atoms with Crippen LogP contribution in [0.5, 0.6) is 11.6 Å². The van der Waals surface area contributed by atoms with Gasteiger partial charge < -0.3 is 15.8 Å². The highest BCUT2D eigenvalue weighted by Gasteiger charge is 2.11. The van der Waals surface area contributed by atoms with E-state index in [0.717, 1.165) is 4.47 Å². The molecule has 0 saturated carbocycles. The van der Waals surface area contributed by atoms with E-state index in [2.05, 4.69) is 31.2 Å². The SMILES string of the molecule is Nc1c(Nc2cc(Cl)cc(Cl)c2)ncnc1Oc1ccc(Br)cc1. The topological polar surface area (TPSA) is 73.1 Å². The molecule has 5 nitrogen and oxygen atoms in total. The van der Waals surface area contributed by atoms with Crippen molar-refractivity contribution >= 4 is 56.3 Å². The summed E-state index contributed by atoms with van der Waals surface area (Å²) >= 11 is 15.3. The van der Waals surface area contributed by atoms with Crippen LogP contribution in [0.25, 0.3) is 0 Å². The zero-order valence-electron chi connectivity index (χ0n) is 12.1. The van der Waals surface area contributed by atoms with Gasteiger partial charge in [0, 0.05) is 20.2 Å². The highest BCUT2D eigenvalue weighted by atomic mass is 79.9. The van der Waals surface area contributed by atoms with Crippen molar-refractivity contribution in [3.8, 4) is 11.6 Å². The standard InChI is InChI=1S/C16H11BrCl2N4O/c17-9-1-3-13(4-2-9)24-16-14(20)15(21-8-22-16)23-12-6-10(18)5-11(19)7-12/h1-8H,20H2,(H,21,22,23). The number of nitrogen functional groups attached to an aromatic ring is 1. The molecule has 3 N–H and O–H groups in total. The van der Waals surface area contributed by atoms with Crippen LogP contribution >= 0.6 is 39.1 Å². The molecule has 3 rings (SSSR count). The van der Waals surface area contributed by atoms with Gasteiger partial charge in [0.05, 0.1) is 0 Å². The van der Waals surface area contributed by atoms with E-state index in [9.17, 15) is 0 Å². The first-order valence-electron chi connectivity index (χ1n) is 6.78. The number of ether oxygens (including phenoxy) is 1. The highest BCUT2D eigenvalue weighted by molar-refractivity contribution is 9.10. The molecule has 0 atom stereocenters. The molecule has 122 valence electrons. The molecule has 0 amide bonds. The van der Waals surface area contributed by atoms with E-state index < -0.39 is 0 Å². The summed E-state index contributed by atoms with van der Waals surface area (Å²) in [5.74, 6) is 1.26. The maximum absolute atomic E-state index is 6.10. The van der Waals surface area contributed by atoms with Crippen molar-refractivity contribution in [2.24, 2.45) is 0 Å². The number of nitrogens with two attached hydrogens (primary N) is 1. The molecule has 0 radical (unpaired) electrons. The second kappa shape index (κ2) is 7.25. The molecule has 0 spiro atoms. The molecular weight excluding hydrogens is 415 g/mol. The molecule has 3 aromatic rings. The number of nitrogens with one attached hydrogen (secondary N) is 1. The normalized spacial score (nSPS) is 10.5. The smallest absolute Gasteiger partial charge is 0.248 e. The molecule has 2 aromatic carbocycles. The van der Waals surface area contributed by atoms with Crippen molar-refractivity contribution in [1.82, 2.24) is 9.97 Å². The fourth-order valence-electron chi connectivity index (χ4n) is 1.94. The van der Waals surface area contributed by atoms with Gasteiger partial charge in [-0.05, 0) is 42.5 Å². The quantitative estimate of drug-likeness (QED) is 0.563. The van der Waals surface area contributed by atoms with Crippen LogP contribution in [0.3, 0.4) is 0 Å². The number of aromatic nitrogens is 2. The van der Waals surface area contributed by atoms with Crippen LogP contribution < -0.4 is 15.8 Å². The summed E-state index contributed by atoms with van der Waals surface area (Å²) in [6.07, 6.45) is 1.36. The molecule has 0 fully saturated rings. The summed E-state index contributed by atoms with van der Waals surface area (Å²) in [7, 11) is 0. The number of nitrogens with zero attached hydrogens (tertiary/aromatic N) is 2. The van der Waals surface area contributed by atoms with E-state index in [0.29, 0.717) is 27.3 Å². The number of hydrogen-bond acceptors (Lipinski definition) is 5. The fraction of sp³-hybridized carbons (Fsp3) is 0. The van der Waals surface area contributed by atoms with Crippen molar-refractivity contribution in [3.63, 3.8) is 0 Å². The van der Waals surface area contributed by atoms with Crippen molar-refractivity contribution < 1.29 is 4.74 Å². The summed E-state index contributed by atoms with van der Waals surface area (Å²) in [5, 5.41) is 4.06. The molecule has 0 bridgehead atoms. The summed E-state index contributed by atoms with van der Waals surface area (Å²) in [4.78, 5) is 8.20. The average molecular weight is 426 g/mol. The van der Waals surface area contributed by atoms with Gasteiger partial charge in [-0.3, -0.25) is 0 Å². The summed E-state index contributed by atoms with van der Waals surface area (Å²) < 4.78 is 6.65. The Hall–Kier alpha value is -2.02. The van der Waals surface area contributed by atoms with E-state index in [1.807, 2.05) is 12.1 Å². The third-order valence-electron chi connectivity index (χ3n) is 3.00. The maximum atomic E-state index is 6.10. The van der Waals surface area contributed by atoms with Crippen LogP contribution in [0.2, 0.25) is 10.0 Å². The lowest BCUT2D eigenvalue weighted by molar-refractivity contribution is 0.464. The first-order chi connectivity index (χ1) is 11.5. The van der Waals surface area contributed by atoms with Gasteiger partial charge in [-0.2, -0.15) is 4.98 Å². The Kier molecular flexibility index (Phi) is 5.08. The monoisotopic (exact) mass is 424 g/mol. The van der Waals surface area contributed by atoms with Gasteiger partial charge in [-0.15, -0.1) is 0 Å². The molecule has 0 aliphatic carbocycles. The number of anilines is 3. The molecule has 0 aliphatic heterocycles. The number of halogens is 3. The Morgan fingerprint density at radius 1 is 1.00 bits per heavy atom. The Morgan fingerprint density at radius 3 is 2.33 bits per heavy atom. The van der Waals surface area contributed by atoms with Gasteiger partial charge >= 0.3 is 0 Å². The predicted molar refractivity (Wildman–Crippen MR) is 100 cm³/mol. The van der Waals surface area contributed by atoms with Gasteiger partial charge in [-0.25, -0.2) is 4.98 Å². The second-order valence-electron chi connectivity index (χ2n) is 4.78. The summed E-state index contributed by atoms with van der Waals surface area (Å²) in [6, 6.07) is 12.4. The molecule has 1 heterocycles. The van der Waals surface area contributed by atoms with Crippen LogP contribution in [0.1, 0.15) is 0 Å². The third kappa shape index (κ3) is 4.08. The van der Waals surface area contributed by atoms with E-state index in [1.54, 1.807) is 30.3 Å². The highest BCUT2D eigenvalue weighted by Crippen LogP contribution is 2.32. The van der Waals surface area contributed by atoms with Crippen molar-refractivity contribution in [2.75, 3.05) is 11.1 Å². The zero-order chi connectivity index (χ0) is 17.1. The third-order valence-corrected chi connectivity index (χ3v) is 3.97. The Bertz CT molecular complexity index is 854. The Morgan fingerprint density at radius 2 is 1.67 bits per heavy atom. The maximum Gasteiger partial charge on any atom is 0.248 e. The lowest BCUT2D eigenvalue weighted by Gasteiger charge is -2.12. The molecule has 24 heavy (non-hydrogen) atoms. The van der Waals surface area contributed by atoms with E-state index in [1.165, 1.54) is 6.33 Å². The molecule has 8 heteroatoms. The van der Waals surface area contributed by atoms with Crippen molar-refractivity contribution in [2.45, 2.75) is 0 Å². The molecule has 0 saturated heterocycles. The first-order valence-corrected chi connectivity index (χ1v) is 8.33. The van der Waals surface area contributed by atoms with Crippen molar-refractivity contribution in [1.29, 1.82) is 0 Å². The first kappa shape index (κ1) is 16.8. The van der Waals surface area contributed by atoms with Crippen LogP contribution in [0.15, 0.2) is 53.3 Å². The number of hydrogen-bond donors (Lipinski definition) is 2. The molecule has 1 aromatic heterocycles. The largest absolute Gasteiger partial charge is 0.437 e. The minimum Gasteiger partial charge on any atom is -0.437 e. The second-order valence-corrected chi connectivity index (χ2v) is 6.57. The zero-order valence-corrected chi connectivity index (χ0v) is 15.2. The van der Waals surface area contributed by atoms with Crippen molar-refractivity contribution in [3.05, 3.63) is 63.3 Å². The van der Waals surface area contributed by atoms with Gasteiger partial charge in [0.2, 0.25) is 5.88 Å². The lowest BCUT2D eigenvalue weighted by Crippen LogP contribution is -2.03. The van der Waals surface area contributed by atoms with E-state index >= 15 is 0 Å². The van der Waals surface area contributed by atoms with Gasteiger partial charge in [0.15, 0.2) is 5.82 Å². The number of benzene rings is 2. The minimum atomic E-state index is 0.253. The molecular formula is C16H11BrCl2N4O. The van der Waals surface area contributed by atoms with E-state index in [4.69, 9.17) is 33.7 Å². The molecule has 0 aliphatic rings. The van der Waals surface area contributed by atoms with Crippen LogP contribution in [0, 0.1) is 0 Å². The molecule has 0 unspecified atom stereocenters. The fourth-order valence-corrected chi connectivity index (χ4v) is 2.73. The van der Waals surface area contributed by atoms with E-state index in [-0.39, 0.29) is 11.6 Å². The van der Waals surface area contributed by atoms with Gasteiger partial charge in [-0.1, -0.05) is 39.1 Å². The minimum absolute atomic E-state index is 0.253. The van der Waals surface area contributed by atoms with Gasteiger partial charge in [0.1, 0.15) is 17.8 Å². The predicted octanol–water partition coefficient (Wildman–Crippen LogP) is 5.66. The Labute approximate surface area is 156 Å². The van der Waals surface area contributed by atoms with Crippen LogP contribution in [-0.2, 0) is 0 Å². The number of rotatable bonds is 4.